The maximum absolute atomic E-state index is 5.40. The fraction of sp³-hybridized carbons (Fsp3) is 0.467. The molecule has 1 unspecified atom stereocenters. The lowest BCUT2D eigenvalue weighted by atomic mass is 10.1. The molecule has 0 aliphatic rings. The summed E-state index contributed by atoms with van der Waals surface area (Å²) in [6.07, 6.45) is 0. The zero-order chi connectivity index (χ0) is 15.4. The van der Waals surface area contributed by atoms with Gasteiger partial charge in [-0.3, -0.25) is 0 Å². The normalized spacial score (nSPS) is 12.3. The highest BCUT2D eigenvalue weighted by Crippen LogP contribution is 2.31. The summed E-state index contributed by atoms with van der Waals surface area (Å²) in [5.74, 6) is 2.42. The minimum atomic E-state index is -0.0358. The zero-order valence-electron chi connectivity index (χ0n) is 13.0. The van der Waals surface area contributed by atoms with Crippen molar-refractivity contribution in [2.45, 2.75) is 32.7 Å². The number of nitrogens with one attached hydrogen (secondary N) is 1. The third kappa shape index (κ3) is 3.45. The van der Waals surface area contributed by atoms with Gasteiger partial charge in [0.2, 0.25) is 0 Å². The molecular weight excluding hydrogens is 270 g/mol. The van der Waals surface area contributed by atoms with Crippen LogP contribution in [-0.4, -0.2) is 24.4 Å². The van der Waals surface area contributed by atoms with Gasteiger partial charge in [0.15, 0.2) is 5.82 Å². The van der Waals surface area contributed by atoms with Crippen LogP contribution >= 0.6 is 0 Å². The summed E-state index contributed by atoms with van der Waals surface area (Å²) in [4.78, 5) is 4.31. The molecule has 0 saturated carbocycles. The molecule has 6 heteroatoms. The molecule has 1 aromatic heterocycles. The molecule has 0 fully saturated rings. The van der Waals surface area contributed by atoms with Gasteiger partial charge >= 0.3 is 6.01 Å². The van der Waals surface area contributed by atoms with E-state index in [-0.39, 0.29) is 12.0 Å². The van der Waals surface area contributed by atoms with Crippen LogP contribution in [0.15, 0.2) is 22.7 Å². The van der Waals surface area contributed by atoms with Gasteiger partial charge in [-0.25, -0.2) is 0 Å². The largest absolute Gasteiger partial charge is 0.497 e. The Morgan fingerprint density at radius 2 is 1.90 bits per heavy atom. The summed E-state index contributed by atoms with van der Waals surface area (Å²) in [6.45, 7) is 6.04. The Labute approximate surface area is 124 Å². The molecule has 1 aromatic carbocycles. The Morgan fingerprint density at radius 3 is 2.48 bits per heavy atom. The van der Waals surface area contributed by atoms with E-state index >= 15 is 0 Å². The van der Waals surface area contributed by atoms with Crippen LogP contribution < -0.4 is 14.8 Å². The number of anilines is 1. The Kier molecular flexibility index (Phi) is 4.67. The monoisotopic (exact) mass is 291 g/mol. The van der Waals surface area contributed by atoms with Crippen molar-refractivity contribution in [1.82, 2.24) is 10.1 Å². The molecule has 0 radical (unpaired) electrons. The Morgan fingerprint density at radius 1 is 1.14 bits per heavy atom. The van der Waals surface area contributed by atoms with Gasteiger partial charge in [-0.2, -0.15) is 4.98 Å². The molecular formula is C15H21N3O3. The molecule has 1 atom stereocenters. The van der Waals surface area contributed by atoms with Gasteiger partial charge in [-0.05, 0) is 19.1 Å². The van der Waals surface area contributed by atoms with Crippen molar-refractivity contribution in [2.75, 3.05) is 19.5 Å². The summed E-state index contributed by atoms with van der Waals surface area (Å²) in [5, 5.41) is 7.12. The summed E-state index contributed by atoms with van der Waals surface area (Å²) in [6, 6.07) is 6.06. The lowest BCUT2D eigenvalue weighted by molar-refractivity contribution is 0.388. The minimum Gasteiger partial charge on any atom is -0.497 e. The van der Waals surface area contributed by atoms with Crippen LogP contribution in [0.25, 0.3) is 0 Å². The lowest BCUT2D eigenvalue weighted by Gasteiger charge is -2.16. The van der Waals surface area contributed by atoms with E-state index in [1.54, 1.807) is 14.2 Å². The van der Waals surface area contributed by atoms with Gasteiger partial charge in [0.05, 0.1) is 20.3 Å². The van der Waals surface area contributed by atoms with E-state index < -0.39 is 0 Å². The second-order valence-electron chi connectivity index (χ2n) is 5.09. The maximum atomic E-state index is 5.40. The average molecular weight is 291 g/mol. The minimum absolute atomic E-state index is 0.0358. The Hall–Kier alpha value is -2.24. The Balaban J connectivity index is 2.17. The van der Waals surface area contributed by atoms with E-state index in [1.807, 2.05) is 39.0 Å². The lowest BCUT2D eigenvalue weighted by Crippen LogP contribution is -2.08. The topological polar surface area (TPSA) is 69.4 Å². The van der Waals surface area contributed by atoms with Gasteiger partial charge in [0.25, 0.3) is 0 Å². The van der Waals surface area contributed by atoms with Crippen LogP contribution in [-0.2, 0) is 0 Å². The SMILES string of the molecule is COc1ccc(C(C)Nc2nc(C(C)C)no2)c(OC)c1. The zero-order valence-corrected chi connectivity index (χ0v) is 13.0. The first kappa shape index (κ1) is 15.2. The predicted molar refractivity (Wildman–Crippen MR) is 80.0 cm³/mol. The molecule has 2 aromatic rings. The third-order valence-electron chi connectivity index (χ3n) is 3.21. The molecule has 6 nitrogen and oxygen atoms in total. The fourth-order valence-corrected chi connectivity index (χ4v) is 1.97. The molecule has 0 aliphatic carbocycles. The number of methoxy groups -OCH3 is 2. The van der Waals surface area contributed by atoms with Gasteiger partial charge in [0.1, 0.15) is 11.5 Å². The molecule has 0 spiro atoms. The van der Waals surface area contributed by atoms with Crippen LogP contribution in [0, 0.1) is 0 Å². The van der Waals surface area contributed by atoms with Crippen LogP contribution in [0.1, 0.15) is 44.1 Å². The second kappa shape index (κ2) is 6.47. The van der Waals surface area contributed by atoms with Crippen LogP contribution in [0.5, 0.6) is 11.5 Å². The molecule has 114 valence electrons. The number of hydrogen-bond donors (Lipinski definition) is 1. The highest BCUT2D eigenvalue weighted by molar-refractivity contribution is 5.44. The Bertz CT molecular complexity index is 596. The van der Waals surface area contributed by atoms with E-state index in [2.05, 4.69) is 15.5 Å². The number of nitrogens with zero attached hydrogens (tertiary/aromatic N) is 2. The van der Waals surface area contributed by atoms with E-state index in [9.17, 15) is 0 Å². The van der Waals surface area contributed by atoms with Crippen LogP contribution in [0.4, 0.5) is 6.01 Å². The quantitative estimate of drug-likeness (QED) is 0.879. The van der Waals surface area contributed by atoms with Gasteiger partial charge in [0, 0.05) is 17.5 Å². The van der Waals surface area contributed by atoms with Crippen molar-refractivity contribution < 1.29 is 14.0 Å². The smallest absolute Gasteiger partial charge is 0.321 e. The average Bonchev–Trinajstić information content (AvgIpc) is 2.95. The van der Waals surface area contributed by atoms with Gasteiger partial charge in [-0.1, -0.05) is 19.0 Å². The van der Waals surface area contributed by atoms with E-state index in [0.29, 0.717) is 11.8 Å². The number of ether oxygens (including phenoxy) is 2. The van der Waals surface area contributed by atoms with Crippen molar-refractivity contribution in [1.29, 1.82) is 0 Å². The highest BCUT2D eigenvalue weighted by Gasteiger charge is 2.16. The first-order valence-corrected chi connectivity index (χ1v) is 6.87. The fourth-order valence-electron chi connectivity index (χ4n) is 1.97. The van der Waals surface area contributed by atoms with Crippen molar-refractivity contribution in [3.8, 4) is 11.5 Å². The summed E-state index contributed by atoms with van der Waals surface area (Å²) >= 11 is 0. The van der Waals surface area contributed by atoms with E-state index in [0.717, 1.165) is 17.1 Å². The van der Waals surface area contributed by atoms with Crippen LogP contribution in [0.2, 0.25) is 0 Å². The molecule has 0 aliphatic heterocycles. The molecule has 0 saturated heterocycles. The standard InChI is InChI=1S/C15H21N3O3/c1-9(2)14-17-15(21-18-14)16-10(3)12-7-6-11(19-4)8-13(12)20-5/h6-10H,1-5H3,(H,16,17,18). The first-order valence-electron chi connectivity index (χ1n) is 6.87. The maximum Gasteiger partial charge on any atom is 0.321 e. The summed E-state index contributed by atoms with van der Waals surface area (Å²) in [5.41, 5.74) is 0.989. The number of benzene rings is 1. The van der Waals surface area contributed by atoms with Gasteiger partial charge < -0.3 is 19.3 Å². The molecule has 2 rings (SSSR count). The highest BCUT2D eigenvalue weighted by atomic mass is 16.5. The molecule has 21 heavy (non-hydrogen) atoms. The summed E-state index contributed by atoms with van der Waals surface area (Å²) < 4.78 is 15.8. The third-order valence-corrected chi connectivity index (χ3v) is 3.21. The van der Waals surface area contributed by atoms with E-state index in [1.165, 1.54) is 0 Å². The second-order valence-corrected chi connectivity index (χ2v) is 5.09. The molecule has 0 bridgehead atoms. The molecule has 1 heterocycles. The predicted octanol–water partition coefficient (Wildman–Crippen LogP) is 3.38. The number of hydrogen-bond acceptors (Lipinski definition) is 6. The van der Waals surface area contributed by atoms with Crippen LogP contribution in [0.3, 0.4) is 0 Å². The van der Waals surface area contributed by atoms with Crippen molar-refractivity contribution in [3.05, 3.63) is 29.6 Å². The van der Waals surface area contributed by atoms with Gasteiger partial charge in [-0.15, -0.1) is 0 Å². The van der Waals surface area contributed by atoms with Crippen molar-refractivity contribution in [3.63, 3.8) is 0 Å². The van der Waals surface area contributed by atoms with E-state index in [4.69, 9.17) is 14.0 Å². The summed E-state index contributed by atoms with van der Waals surface area (Å²) in [7, 11) is 3.26. The van der Waals surface area contributed by atoms with Crippen molar-refractivity contribution >= 4 is 6.01 Å². The number of aromatic nitrogens is 2. The first-order chi connectivity index (χ1) is 10.0. The molecule has 1 N–H and O–H groups in total. The molecule has 0 amide bonds. The van der Waals surface area contributed by atoms with Crippen molar-refractivity contribution in [2.24, 2.45) is 0 Å². The number of rotatable bonds is 6.